The molecule has 1 aromatic rings. The van der Waals surface area contributed by atoms with Gasteiger partial charge in [-0.15, -0.1) is 0 Å². The van der Waals surface area contributed by atoms with Gasteiger partial charge >= 0.3 is 0 Å². The van der Waals surface area contributed by atoms with Crippen molar-refractivity contribution in [2.45, 2.75) is 33.2 Å². The predicted octanol–water partition coefficient (Wildman–Crippen LogP) is 3.11. The van der Waals surface area contributed by atoms with E-state index < -0.39 is 11.6 Å². The minimum atomic E-state index is -0.872. The molecule has 0 aliphatic carbocycles. The van der Waals surface area contributed by atoms with Crippen LogP contribution in [0.15, 0.2) is 18.2 Å². The lowest BCUT2D eigenvalue weighted by Crippen LogP contribution is -2.30. The summed E-state index contributed by atoms with van der Waals surface area (Å²) in [6.07, 6.45) is 1.26. The molecule has 0 radical (unpaired) electrons. The average molecular weight is 241 g/mol. The Bertz CT molecular complexity index is 393. The number of benzene rings is 1. The number of rotatable bonds is 5. The standard InChI is InChI=1S/C13H17F2NO/c1-3-7-16(13(17)4-2)9-10-5-6-11(14)12(15)8-10/h5-6,8H,3-4,7,9H2,1-2H3. The van der Waals surface area contributed by atoms with E-state index in [1.165, 1.54) is 6.07 Å². The zero-order valence-corrected chi connectivity index (χ0v) is 10.2. The van der Waals surface area contributed by atoms with E-state index in [-0.39, 0.29) is 5.91 Å². The molecule has 0 saturated carbocycles. The van der Waals surface area contributed by atoms with Crippen LogP contribution in [0.5, 0.6) is 0 Å². The largest absolute Gasteiger partial charge is 0.338 e. The van der Waals surface area contributed by atoms with E-state index in [1.54, 1.807) is 11.8 Å². The molecule has 2 nitrogen and oxygen atoms in total. The smallest absolute Gasteiger partial charge is 0.222 e. The number of nitrogens with zero attached hydrogens (tertiary/aromatic N) is 1. The Morgan fingerprint density at radius 3 is 2.47 bits per heavy atom. The zero-order chi connectivity index (χ0) is 12.8. The predicted molar refractivity (Wildman–Crippen MR) is 62.4 cm³/mol. The lowest BCUT2D eigenvalue weighted by molar-refractivity contribution is -0.131. The molecule has 0 saturated heterocycles. The van der Waals surface area contributed by atoms with Gasteiger partial charge in [-0.1, -0.05) is 19.9 Å². The maximum Gasteiger partial charge on any atom is 0.222 e. The van der Waals surface area contributed by atoms with Crippen molar-refractivity contribution in [3.8, 4) is 0 Å². The van der Waals surface area contributed by atoms with Crippen LogP contribution >= 0.6 is 0 Å². The Morgan fingerprint density at radius 2 is 1.94 bits per heavy atom. The zero-order valence-electron chi connectivity index (χ0n) is 10.2. The minimum Gasteiger partial charge on any atom is -0.338 e. The molecule has 0 aliphatic heterocycles. The molecule has 0 atom stereocenters. The number of amides is 1. The molecule has 0 unspecified atom stereocenters. The van der Waals surface area contributed by atoms with Gasteiger partial charge in [-0.2, -0.15) is 0 Å². The second kappa shape index (κ2) is 6.33. The van der Waals surface area contributed by atoms with Crippen molar-refractivity contribution in [2.75, 3.05) is 6.54 Å². The van der Waals surface area contributed by atoms with Crippen LogP contribution in [-0.2, 0) is 11.3 Å². The van der Waals surface area contributed by atoms with Crippen LogP contribution in [0.1, 0.15) is 32.3 Å². The van der Waals surface area contributed by atoms with Gasteiger partial charge in [0.1, 0.15) is 0 Å². The SMILES string of the molecule is CCCN(Cc1ccc(F)c(F)c1)C(=O)CC. The molecule has 1 aromatic carbocycles. The van der Waals surface area contributed by atoms with Crippen LogP contribution < -0.4 is 0 Å². The lowest BCUT2D eigenvalue weighted by Gasteiger charge is -2.21. The maximum absolute atomic E-state index is 13.0. The molecule has 1 amide bonds. The van der Waals surface area contributed by atoms with Gasteiger partial charge in [-0.25, -0.2) is 8.78 Å². The van der Waals surface area contributed by atoms with Crippen molar-refractivity contribution in [1.82, 2.24) is 4.90 Å². The average Bonchev–Trinajstić information content (AvgIpc) is 2.32. The summed E-state index contributed by atoms with van der Waals surface area (Å²) in [6.45, 7) is 4.72. The molecule has 4 heteroatoms. The summed E-state index contributed by atoms with van der Waals surface area (Å²) in [6, 6.07) is 3.73. The molecular weight excluding hydrogens is 224 g/mol. The summed E-state index contributed by atoms with van der Waals surface area (Å²) in [7, 11) is 0. The van der Waals surface area contributed by atoms with E-state index in [1.807, 2.05) is 6.92 Å². The summed E-state index contributed by atoms with van der Waals surface area (Å²) >= 11 is 0. The van der Waals surface area contributed by atoms with Crippen LogP contribution in [0.2, 0.25) is 0 Å². The van der Waals surface area contributed by atoms with E-state index in [0.717, 1.165) is 18.6 Å². The fraction of sp³-hybridized carbons (Fsp3) is 0.462. The fourth-order valence-corrected chi connectivity index (χ4v) is 1.64. The van der Waals surface area contributed by atoms with Crippen LogP contribution in [0.25, 0.3) is 0 Å². The van der Waals surface area contributed by atoms with Gasteiger partial charge in [0.25, 0.3) is 0 Å². The van der Waals surface area contributed by atoms with Crippen molar-refractivity contribution < 1.29 is 13.6 Å². The first-order chi connectivity index (χ1) is 8.08. The molecule has 0 aromatic heterocycles. The number of hydrogen-bond donors (Lipinski definition) is 0. The second-order valence-corrected chi connectivity index (χ2v) is 3.92. The van der Waals surface area contributed by atoms with E-state index in [0.29, 0.717) is 25.1 Å². The Morgan fingerprint density at radius 1 is 1.24 bits per heavy atom. The summed E-state index contributed by atoms with van der Waals surface area (Å²) in [5.74, 6) is -1.71. The van der Waals surface area contributed by atoms with Crippen LogP contribution in [0.4, 0.5) is 8.78 Å². The van der Waals surface area contributed by atoms with Crippen molar-refractivity contribution in [1.29, 1.82) is 0 Å². The molecule has 0 spiro atoms. The summed E-state index contributed by atoms with van der Waals surface area (Å²) in [5.41, 5.74) is 0.610. The third-order valence-electron chi connectivity index (χ3n) is 2.51. The van der Waals surface area contributed by atoms with Crippen molar-refractivity contribution in [2.24, 2.45) is 0 Å². The van der Waals surface area contributed by atoms with Crippen LogP contribution in [-0.4, -0.2) is 17.4 Å². The van der Waals surface area contributed by atoms with Crippen molar-refractivity contribution >= 4 is 5.91 Å². The molecule has 0 heterocycles. The Balaban J connectivity index is 2.78. The number of hydrogen-bond acceptors (Lipinski definition) is 1. The third-order valence-corrected chi connectivity index (χ3v) is 2.51. The highest BCUT2D eigenvalue weighted by atomic mass is 19.2. The quantitative estimate of drug-likeness (QED) is 0.775. The van der Waals surface area contributed by atoms with Gasteiger partial charge in [0.2, 0.25) is 5.91 Å². The molecule has 94 valence electrons. The van der Waals surface area contributed by atoms with Gasteiger partial charge in [0.15, 0.2) is 11.6 Å². The van der Waals surface area contributed by atoms with Crippen LogP contribution in [0, 0.1) is 11.6 Å². The monoisotopic (exact) mass is 241 g/mol. The highest BCUT2D eigenvalue weighted by Crippen LogP contribution is 2.12. The number of halogens is 2. The van der Waals surface area contributed by atoms with Gasteiger partial charge in [0.05, 0.1) is 0 Å². The number of carbonyl (C=O) groups excluding carboxylic acids is 1. The highest BCUT2D eigenvalue weighted by molar-refractivity contribution is 5.75. The van der Waals surface area contributed by atoms with Crippen molar-refractivity contribution in [3.63, 3.8) is 0 Å². The first-order valence-corrected chi connectivity index (χ1v) is 5.80. The Labute approximate surface area is 100 Å². The fourth-order valence-electron chi connectivity index (χ4n) is 1.64. The molecule has 0 N–H and O–H groups in total. The minimum absolute atomic E-state index is 0.0246. The lowest BCUT2D eigenvalue weighted by atomic mass is 10.2. The topological polar surface area (TPSA) is 20.3 Å². The molecule has 0 aliphatic rings. The molecular formula is C13H17F2NO. The molecule has 0 bridgehead atoms. The highest BCUT2D eigenvalue weighted by Gasteiger charge is 2.12. The first kappa shape index (κ1) is 13.6. The molecule has 0 fully saturated rings. The van der Waals surface area contributed by atoms with Gasteiger partial charge in [0, 0.05) is 19.5 Å². The molecule has 1 rings (SSSR count). The van der Waals surface area contributed by atoms with Gasteiger partial charge < -0.3 is 4.90 Å². The summed E-state index contributed by atoms with van der Waals surface area (Å²) in [5, 5.41) is 0. The normalized spacial score (nSPS) is 10.4. The van der Waals surface area contributed by atoms with Crippen molar-refractivity contribution in [3.05, 3.63) is 35.4 Å². The third kappa shape index (κ3) is 3.80. The van der Waals surface area contributed by atoms with E-state index in [9.17, 15) is 13.6 Å². The first-order valence-electron chi connectivity index (χ1n) is 5.80. The van der Waals surface area contributed by atoms with E-state index >= 15 is 0 Å². The molecule has 17 heavy (non-hydrogen) atoms. The van der Waals surface area contributed by atoms with Crippen LogP contribution in [0.3, 0.4) is 0 Å². The second-order valence-electron chi connectivity index (χ2n) is 3.92. The van der Waals surface area contributed by atoms with E-state index in [2.05, 4.69) is 0 Å². The summed E-state index contributed by atoms with van der Waals surface area (Å²) < 4.78 is 25.8. The Hall–Kier alpha value is -1.45. The maximum atomic E-state index is 13.0. The van der Waals surface area contributed by atoms with Gasteiger partial charge in [-0.05, 0) is 24.1 Å². The van der Waals surface area contributed by atoms with E-state index in [4.69, 9.17) is 0 Å². The Kier molecular flexibility index (Phi) is 5.07. The number of carbonyl (C=O) groups is 1. The van der Waals surface area contributed by atoms with Gasteiger partial charge in [-0.3, -0.25) is 4.79 Å². The summed E-state index contributed by atoms with van der Waals surface area (Å²) in [4.78, 5) is 13.3.